The van der Waals surface area contributed by atoms with Crippen LogP contribution in [0.3, 0.4) is 0 Å². The second-order valence-corrected chi connectivity index (χ2v) is 3.44. The molecule has 0 radical (unpaired) electrons. The minimum atomic E-state index is -0.0382. The fourth-order valence-corrected chi connectivity index (χ4v) is 1.49. The normalized spacial score (nSPS) is 15.9. The smallest absolute Gasteiger partial charge is 0.130 e. The van der Waals surface area contributed by atoms with Gasteiger partial charge in [-0.25, -0.2) is 0 Å². The Morgan fingerprint density at radius 2 is 1.91 bits per heavy atom. The van der Waals surface area contributed by atoms with Crippen molar-refractivity contribution in [1.82, 2.24) is 0 Å². The molecule has 0 bridgehead atoms. The van der Waals surface area contributed by atoms with Crippen molar-refractivity contribution >= 4 is 13.6 Å². The fourth-order valence-electron chi connectivity index (χ4n) is 1.49. The average Bonchev–Trinajstić information content (AvgIpc) is 2.03. The average molecular weight is 154 g/mol. The van der Waals surface area contributed by atoms with Crippen molar-refractivity contribution in [1.29, 1.82) is 0 Å². The molecule has 0 spiro atoms. The molecule has 1 atom stereocenters. The van der Waals surface area contributed by atoms with Crippen LogP contribution in [0.15, 0.2) is 0 Å². The molecule has 0 N–H and O–H groups in total. The highest BCUT2D eigenvalue weighted by molar-refractivity contribution is 6.28. The molecule has 0 aromatic rings. The van der Waals surface area contributed by atoms with Gasteiger partial charge in [-0.15, -0.1) is 0 Å². The summed E-state index contributed by atoms with van der Waals surface area (Å²) in [5, 5.41) is -0.0382. The first-order valence-corrected chi connectivity index (χ1v) is 4.64. The van der Waals surface area contributed by atoms with Crippen LogP contribution in [-0.4, -0.2) is 13.6 Å². The molecule has 1 unspecified atom stereocenters. The van der Waals surface area contributed by atoms with Gasteiger partial charge in [0.05, 0.1) is 0 Å². The molecular weight excluding hydrogens is 135 g/mol. The van der Waals surface area contributed by atoms with Crippen LogP contribution < -0.4 is 0 Å². The monoisotopic (exact) mass is 154 g/mol. The largest absolute Gasteiger partial charge is 0.300 e. The zero-order valence-electron chi connectivity index (χ0n) is 8.24. The highest BCUT2D eigenvalue weighted by Gasteiger charge is 2.27. The number of carbonyl (C=O) groups excluding carboxylic acids is 1. The van der Waals surface area contributed by atoms with E-state index in [1.54, 1.807) is 0 Å². The van der Waals surface area contributed by atoms with Crippen molar-refractivity contribution in [2.24, 2.45) is 0 Å². The van der Waals surface area contributed by atoms with E-state index in [2.05, 4.69) is 21.7 Å². The van der Waals surface area contributed by atoms with Crippen molar-refractivity contribution in [3.63, 3.8) is 0 Å². The summed E-state index contributed by atoms with van der Waals surface area (Å²) in [6.45, 7) is 6.19. The van der Waals surface area contributed by atoms with Gasteiger partial charge in [0, 0.05) is 6.42 Å². The van der Waals surface area contributed by atoms with Gasteiger partial charge in [-0.2, -0.15) is 0 Å². The van der Waals surface area contributed by atoms with Crippen molar-refractivity contribution < 1.29 is 4.79 Å². The molecule has 0 heterocycles. The molecular formula is C9H19BO. The van der Waals surface area contributed by atoms with E-state index in [1.807, 2.05) is 6.92 Å². The van der Waals surface area contributed by atoms with Gasteiger partial charge in [0.2, 0.25) is 0 Å². The van der Waals surface area contributed by atoms with Gasteiger partial charge in [0.25, 0.3) is 0 Å². The Balaban J connectivity index is 4.19. The lowest BCUT2D eigenvalue weighted by Crippen LogP contribution is -2.22. The van der Waals surface area contributed by atoms with Crippen molar-refractivity contribution in [3.8, 4) is 0 Å². The number of carbonyl (C=O) groups is 1. The first-order valence-electron chi connectivity index (χ1n) is 4.64. The summed E-state index contributed by atoms with van der Waals surface area (Å²) in [6.07, 6.45) is 3.81. The van der Waals surface area contributed by atoms with Crippen molar-refractivity contribution in [2.75, 3.05) is 0 Å². The minimum absolute atomic E-state index is 0.0382. The number of Topliss-reactive ketones (excluding diaryl/α,β-unsaturated/α-hetero) is 1. The third-order valence-corrected chi connectivity index (χ3v) is 2.58. The molecule has 11 heavy (non-hydrogen) atoms. The second kappa shape index (κ2) is 4.58. The lowest BCUT2D eigenvalue weighted by Gasteiger charge is -2.25. The van der Waals surface area contributed by atoms with E-state index in [1.165, 1.54) is 0 Å². The van der Waals surface area contributed by atoms with Crippen molar-refractivity contribution in [3.05, 3.63) is 0 Å². The molecule has 0 aliphatic carbocycles. The van der Waals surface area contributed by atoms with Crippen LogP contribution in [-0.2, 0) is 4.79 Å². The Morgan fingerprint density at radius 3 is 2.18 bits per heavy atom. The fraction of sp³-hybridized carbons (Fsp3) is 0.889. The summed E-state index contributed by atoms with van der Waals surface area (Å²) in [6, 6.07) is 0. The predicted molar refractivity (Wildman–Crippen MR) is 51.7 cm³/mol. The van der Waals surface area contributed by atoms with Gasteiger partial charge in [0.1, 0.15) is 13.6 Å². The van der Waals surface area contributed by atoms with Crippen LogP contribution in [0.1, 0.15) is 46.5 Å². The molecule has 1 nitrogen and oxygen atoms in total. The maximum atomic E-state index is 11.5. The molecule has 0 fully saturated rings. The van der Waals surface area contributed by atoms with Crippen LogP contribution in [0.25, 0.3) is 0 Å². The molecule has 0 aliphatic rings. The van der Waals surface area contributed by atoms with Gasteiger partial charge in [0.15, 0.2) is 0 Å². The van der Waals surface area contributed by atoms with E-state index < -0.39 is 0 Å². The highest BCUT2D eigenvalue weighted by Crippen LogP contribution is 2.34. The standard InChI is InChI=1S/C9H19BO/c1-4-7-9(10,6-3)8(11)5-2/h4-7,10H2,1-3H3. The Labute approximate surface area is 71.0 Å². The highest BCUT2D eigenvalue weighted by atomic mass is 16.1. The Kier molecular flexibility index (Phi) is 4.47. The topological polar surface area (TPSA) is 17.1 Å². The van der Waals surface area contributed by atoms with E-state index in [9.17, 15) is 4.79 Å². The Bertz CT molecular complexity index is 134. The van der Waals surface area contributed by atoms with Crippen molar-refractivity contribution in [2.45, 2.75) is 51.8 Å². The summed E-state index contributed by atoms with van der Waals surface area (Å²) in [5.41, 5.74) is 0. The number of ketones is 1. The van der Waals surface area contributed by atoms with Gasteiger partial charge in [-0.3, -0.25) is 4.79 Å². The maximum Gasteiger partial charge on any atom is 0.130 e. The number of hydrogen-bond acceptors (Lipinski definition) is 1. The minimum Gasteiger partial charge on any atom is -0.300 e. The van der Waals surface area contributed by atoms with Gasteiger partial charge < -0.3 is 0 Å². The molecule has 2 heteroatoms. The van der Waals surface area contributed by atoms with E-state index in [0.717, 1.165) is 19.3 Å². The Morgan fingerprint density at radius 1 is 1.36 bits per heavy atom. The quantitative estimate of drug-likeness (QED) is 0.553. The zero-order chi connectivity index (χ0) is 8.91. The maximum absolute atomic E-state index is 11.5. The van der Waals surface area contributed by atoms with Crippen LogP contribution >= 0.6 is 0 Å². The number of hydrogen-bond donors (Lipinski definition) is 0. The van der Waals surface area contributed by atoms with Gasteiger partial charge in [-0.1, -0.05) is 33.6 Å². The molecule has 0 aromatic heterocycles. The number of rotatable bonds is 5. The third-order valence-electron chi connectivity index (χ3n) is 2.58. The molecule has 0 aliphatic heterocycles. The van der Waals surface area contributed by atoms with Crippen LogP contribution in [0.5, 0.6) is 0 Å². The van der Waals surface area contributed by atoms with Crippen LogP contribution in [0.2, 0.25) is 5.31 Å². The summed E-state index contributed by atoms with van der Waals surface area (Å²) < 4.78 is 0. The lowest BCUT2D eigenvalue weighted by molar-refractivity contribution is -0.122. The lowest BCUT2D eigenvalue weighted by atomic mass is 9.61. The van der Waals surface area contributed by atoms with E-state index >= 15 is 0 Å². The summed E-state index contributed by atoms with van der Waals surface area (Å²) in [7, 11) is 2.09. The predicted octanol–water partition coefficient (Wildman–Crippen LogP) is 1.97. The summed E-state index contributed by atoms with van der Waals surface area (Å²) in [4.78, 5) is 11.5. The molecule has 0 amide bonds. The van der Waals surface area contributed by atoms with Gasteiger partial charge >= 0.3 is 0 Å². The first-order chi connectivity index (χ1) is 5.10. The van der Waals surface area contributed by atoms with Crippen LogP contribution in [0.4, 0.5) is 0 Å². The second-order valence-electron chi connectivity index (χ2n) is 3.44. The summed E-state index contributed by atoms with van der Waals surface area (Å²) in [5.74, 6) is 0.418. The Hall–Kier alpha value is -0.265. The SMILES string of the molecule is BC(CC)(CCC)C(=O)CC. The third kappa shape index (κ3) is 2.68. The zero-order valence-corrected chi connectivity index (χ0v) is 8.24. The van der Waals surface area contributed by atoms with Gasteiger partial charge in [-0.05, 0) is 11.7 Å². The van der Waals surface area contributed by atoms with Crippen LogP contribution in [0, 0.1) is 0 Å². The molecule has 0 saturated carbocycles. The van der Waals surface area contributed by atoms with E-state index in [0.29, 0.717) is 12.2 Å². The molecule has 0 aromatic carbocycles. The molecule has 0 saturated heterocycles. The molecule has 0 rings (SSSR count). The molecule has 64 valence electrons. The first kappa shape index (κ1) is 10.7. The van der Waals surface area contributed by atoms with E-state index in [-0.39, 0.29) is 5.31 Å². The summed E-state index contributed by atoms with van der Waals surface area (Å²) >= 11 is 0. The van der Waals surface area contributed by atoms with E-state index in [4.69, 9.17) is 0 Å².